The summed E-state index contributed by atoms with van der Waals surface area (Å²) >= 11 is 0. The highest BCUT2D eigenvalue weighted by atomic mass is 16.5. The lowest BCUT2D eigenvalue weighted by atomic mass is 10.1. The van der Waals surface area contributed by atoms with Crippen LogP contribution in [-0.4, -0.2) is 57.4 Å². The number of amides is 2. The number of aromatic nitrogens is 3. The van der Waals surface area contributed by atoms with Crippen LogP contribution in [0.4, 0.5) is 10.6 Å². The highest BCUT2D eigenvalue weighted by Crippen LogP contribution is 2.07. The first kappa shape index (κ1) is 14.9. The fourth-order valence-corrected chi connectivity index (χ4v) is 1.95. The monoisotopic (exact) mass is 295 g/mol. The zero-order chi connectivity index (χ0) is 15.2. The summed E-state index contributed by atoms with van der Waals surface area (Å²) in [6, 6.07) is 0. The highest BCUT2D eigenvalue weighted by Gasteiger charge is 2.21. The third-order valence-electron chi connectivity index (χ3n) is 3.02. The van der Waals surface area contributed by atoms with Crippen molar-refractivity contribution in [1.29, 1.82) is 0 Å². The molecule has 0 saturated carbocycles. The molecule has 2 amide bonds. The molecule has 9 heteroatoms. The van der Waals surface area contributed by atoms with Crippen LogP contribution in [0.15, 0.2) is 6.20 Å². The number of carbonyl (C=O) groups is 3. The van der Waals surface area contributed by atoms with Crippen LogP contribution in [0, 0.1) is 0 Å². The van der Waals surface area contributed by atoms with Gasteiger partial charge in [-0.1, -0.05) is 5.21 Å². The van der Waals surface area contributed by atoms with E-state index < -0.39 is 6.09 Å². The fraction of sp³-hybridized carbons (Fsp3) is 0.583. The lowest BCUT2D eigenvalue weighted by Crippen LogP contribution is -2.40. The van der Waals surface area contributed by atoms with Crippen LogP contribution < -0.4 is 5.32 Å². The summed E-state index contributed by atoms with van der Waals surface area (Å²) in [6.07, 6.45) is 1.63. The van der Waals surface area contributed by atoms with Crippen molar-refractivity contribution in [3.8, 4) is 0 Å². The van der Waals surface area contributed by atoms with Crippen LogP contribution in [-0.2, 0) is 20.9 Å². The Balaban J connectivity index is 1.85. The molecular formula is C12H17N5O4. The quantitative estimate of drug-likeness (QED) is 0.840. The minimum Gasteiger partial charge on any atom is -0.450 e. The molecule has 0 spiro atoms. The molecule has 0 aromatic carbocycles. The third kappa shape index (κ3) is 4.26. The van der Waals surface area contributed by atoms with Gasteiger partial charge in [-0.2, -0.15) is 0 Å². The van der Waals surface area contributed by atoms with Crippen molar-refractivity contribution >= 4 is 23.6 Å². The molecule has 1 N–H and O–H groups in total. The number of piperidine rings is 1. The van der Waals surface area contributed by atoms with E-state index in [0.717, 1.165) is 0 Å². The second-order valence-electron chi connectivity index (χ2n) is 4.57. The summed E-state index contributed by atoms with van der Waals surface area (Å²) in [7, 11) is 0. The third-order valence-corrected chi connectivity index (χ3v) is 3.02. The topological polar surface area (TPSA) is 106 Å². The summed E-state index contributed by atoms with van der Waals surface area (Å²) in [6.45, 7) is 2.86. The molecule has 1 aliphatic heterocycles. The normalized spacial score (nSPS) is 14.9. The Bertz CT molecular complexity index is 532. The predicted octanol–water partition coefficient (Wildman–Crippen LogP) is 0.0380. The second kappa shape index (κ2) is 6.82. The van der Waals surface area contributed by atoms with Crippen molar-refractivity contribution in [3.05, 3.63) is 6.20 Å². The first-order chi connectivity index (χ1) is 10.1. The molecular weight excluding hydrogens is 278 g/mol. The molecule has 1 aromatic heterocycles. The van der Waals surface area contributed by atoms with Gasteiger partial charge in [0.1, 0.15) is 12.3 Å². The van der Waals surface area contributed by atoms with Crippen LogP contribution >= 0.6 is 0 Å². The molecule has 2 heterocycles. The van der Waals surface area contributed by atoms with Crippen LogP contribution in [0.3, 0.4) is 0 Å². The van der Waals surface area contributed by atoms with Crippen molar-refractivity contribution in [1.82, 2.24) is 19.9 Å². The van der Waals surface area contributed by atoms with Crippen LogP contribution in [0.2, 0.25) is 0 Å². The molecule has 0 atom stereocenters. The summed E-state index contributed by atoms with van der Waals surface area (Å²) in [5, 5.41) is 9.88. The van der Waals surface area contributed by atoms with E-state index in [1.807, 2.05) is 0 Å². The molecule has 9 nitrogen and oxygen atoms in total. The summed E-state index contributed by atoms with van der Waals surface area (Å²) in [5.74, 6) is 0.269. The van der Waals surface area contributed by atoms with Crippen molar-refractivity contribution < 1.29 is 19.1 Å². The lowest BCUT2D eigenvalue weighted by molar-refractivity contribution is -0.135. The molecule has 1 saturated heterocycles. The Morgan fingerprint density at radius 1 is 1.38 bits per heavy atom. The Morgan fingerprint density at radius 3 is 2.76 bits per heavy atom. The van der Waals surface area contributed by atoms with Crippen LogP contribution in [0.1, 0.15) is 19.8 Å². The Kier molecular flexibility index (Phi) is 4.85. The standard InChI is InChI=1S/C12H17N5O4/c1-2-21-12(20)13-10-7-17(15-14-10)8-11(19)16-5-3-9(18)4-6-16/h7H,2-6,8H2,1H3,(H,13,20). The molecule has 1 aliphatic rings. The summed E-state index contributed by atoms with van der Waals surface area (Å²) in [4.78, 5) is 36.0. The maximum absolute atomic E-state index is 12.0. The van der Waals surface area contributed by atoms with E-state index in [9.17, 15) is 14.4 Å². The van der Waals surface area contributed by atoms with Crippen LogP contribution in [0.5, 0.6) is 0 Å². The number of likely N-dealkylation sites (tertiary alicyclic amines) is 1. The SMILES string of the molecule is CCOC(=O)Nc1cn(CC(=O)N2CCC(=O)CC2)nn1. The number of carbonyl (C=O) groups excluding carboxylic acids is 3. The number of ether oxygens (including phenoxy) is 1. The molecule has 0 radical (unpaired) electrons. The van der Waals surface area contributed by atoms with E-state index in [-0.39, 0.29) is 30.7 Å². The molecule has 0 bridgehead atoms. The van der Waals surface area contributed by atoms with E-state index in [4.69, 9.17) is 4.74 Å². The van der Waals surface area contributed by atoms with E-state index >= 15 is 0 Å². The average Bonchev–Trinajstić information content (AvgIpc) is 2.86. The molecule has 0 aliphatic carbocycles. The minimum atomic E-state index is -0.620. The smallest absolute Gasteiger partial charge is 0.412 e. The zero-order valence-corrected chi connectivity index (χ0v) is 11.7. The Hall–Kier alpha value is -2.45. The van der Waals surface area contributed by atoms with Crippen molar-refractivity contribution in [2.24, 2.45) is 0 Å². The van der Waals surface area contributed by atoms with E-state index in [0.29, 0.717) is 25.9 Å². The lowest BCUT2D eigenvalue weighted by Gasteiger charge is -2.25. The maximum atomic E-state index is 12.0. The van der Waals surface area contributed by atoms with Gasteiger partial charge in [-0.25, -0.2) is 9.48 Å². The number of hydrogen-bond acceptors (Lipinski definition) is 6. The van der Waals surface area contributed by atoms with E-state index in [2.05, 4.69) is 15.6 Å². The van der Waals surface area contributed by atoms with Crippen LogP contribution in [0.25, 0.3) is 0 Å². The molecule has 114 valence electrons. The first-order valence-corrected chi connectivity index (χ1v) is 6.72. The Morgan fingerprint density at radius 2 is 2.10 bits per heavy atom. The van der Waals surface area contributed by atoms with Gasteiger partial charge in [0, 0.05) is 25.9 Å². The largest absolute Gasteiger partial charge is 0.450 e. The van der Waals surface area contributed by atoms with Gasteiger partial charge in [0.25, 0.3) is 0 Å². The molecule has 1 fully saturated rings. The minimum absolute atomic E-state index is 0.0195. The van der Waals surface area contributed by atoms with E-state index in [1.54, 1.807) is 11.8 Å². The molecule has 21 heavy (non-hydrogen) atoms. The van der Waals surface area contributed by atoms with Gasteiger partial charge < -0.3 is 9.64 Å². The highest BCUT2D eigenvalue weighted by molar-refractivity contribution is 5.84. The number of ketones is 1. The van der Waals surface area contributed by atoms with Gasteiger partial charge in [0.05, 0.1) is 12.8 Å². The first-order valence-electron chi connectivity index (χ1n) is 6.72. The van der Waals surface area contributed by atoms with Gasteiger partial charge >= 0.3 is 6.09 Å². The van der Waals surface area contributed by atoms with E-state index in [1.165, 1.54) is 10.9 Å². The summed E-state index contributed by atoms with van der Waals surface area (Å²) in [5.41, 5.74) is 0. The second-order valence-corrected chi connectivity index (χ2v) is 4.57. The fourth-order valence-electron chi connectivity index (χ4n) is 1.95. The number of hydrogen-bond donors (Lipinski definition) is 1. The number of Topliss-reactive ketones (excluding diaryl/α,β-unsaturated/α-hetero) is 1. The number of nitrogens with one attached hydrogen (secondary N) is 1. The predicted molar refractivity (Wildman–Crippen MR) is 71.5 cm³/mol. The van der Waals surface area contributed by atoms with Gasteiger partial charge in [-0.15, -0.1) is 5.10 Å². The number of nitrogens with zero attached hydrogens (tertiary/aromatic N) is 4. The van der Waals surface area contributed by atoms with Crippen molar-refractivity contribution in [2.75, 3.05) is 25.0 Å². The molecule has 0 unspecified atom stereocenters. The molecule has 2 rings (SSSR count). The number of anilines is 1. The Labute approximate surface area is 121 Å². The van der Waals surface area contributed by atoms with Gasteiger partial charge in [-0.05, 0) is 6.92 Å². The number of rotatable bonds is 4. The van der Waals surface area contributed by atoms with Gasteiger partial charge in [-0.3, -0.25) is 14.9 Å². The van der Waals surface area contributed by atoms with Crippen molar-refractivity contribution in [3.63, 3.8) is 0 Å². The molecule has 1 aromatic rings. The van der Waals surface area contributed by atoms with Gasteiger partial charge in [0.2, 0.25) is 5.91 Å². The summed E-state index contributed by atoms with van der Waals surface area (Å²) < 4.78 is 6.04. The maximum Gasteiger partial charge on any atom is 0.412 e. The van der Waals surface area contributed by atoms with Gasteiger partial charge in [0.15, 0.2) is 5.82 Å². The van der Waals surface area contributed by atoms with Crippen molar-refractivity contribution in [2.45, 2.75) is 26.3 Å². The average molecular weight is 295 g/mol. The zero-order valence-electron chi connectivity index (χ0n) is 11.7.